The first-order valence-corrected chi connectivity index (χ1v) is 9.61. The summed E-state index contributed by atoms with van der Waals surface area (Å²) in [7, 11) is 0. The number of rotatable bonds is 6. The van der Waals surface area contributed by atoms with Crippen LogP contribution in [-0.4, -0.2) is 58.5 Å². The number of halogens is 3. The molecule has 0 bridgehead atoms. The standard InChI is InChI=1S/C18H21F3N6O4/c19-18(20,21)10-31-16(30)26-7-4-17(3-6-22,5-8-26)27-9-12(13(23)28)14(25-27)24-15(29)11-1-2-11/h9,11H,1-5,7-8,10H2,(H2,23,28)(H,24,25,29). The summed E-state index contributed by atoms with van der Waals surface area (Å²) in [5, 5.41) is 16.2. The van der Waals surface area contributed by atoms with Gasteiger partial charge in [0.25, 0.3) is 5.91 Å². The molecule has 168 valence electrons. The van der Waals surface area contributed by atoms with Gasteiger partial charge in [0.2, 0.25) is 5.91 Å². The van der Waals surface area contributed by atoms with Crippen LogP contribution in [0.25, 0.3) is 0 Å². The second-order valence-electron chi connectivity index (χ2n) is 7.68. The van der Waals surface area contributed by atoms with Crippen LogP contribution in [0.1, 0.15) is 42.5 Å². The van der Waals surface area contributed by atoms with E-state index in [-0.39, 0.29) is 55.6 Å². The van der Waals surface area contributed by atoms with E-state index in [9.17, 15) is 32.8 Å². The first-order valence-electron chi connectivity index (χ1n) is 9.61. The predicted molar refractivity (Wildman–Crippen MR) is 98.5 cm³/mol. The van der Waals surface area contributed by atoms with E-state index in [0.29, 0.717) is 0 Å². The number of alkyl halides is 3. The fourth-order valence-corrected chi connectivity index (χ4v) is 3.43. The maximum atomic E-state index is 12.3. The first kappa shape index (κ1) is 22.4. The van der Waals surface area contributed by atoms with Crippen LogP contribution >= 0.6 is 0 Å². The monoisotopic (exact) mass is 442 g/mol. The van der Waals surface area contributed by atoms with Crippen LogP contribution in [-0.2, 0) is 15.1 Å². The number of aromatic nitrogens is 2. The van der Waals surface area contributed by atoms with E-state index in [2.05, 4.69) is 15.2 Å². The lowest BCUT2D eigenvalue weighted by molar-refractivity contribution is -0.162. The third-order valence-corrected chi connectivity index (χ3v) is 5.38. The number of primary amides is 1. The smallest absolute Gasteiger partial charge is 0.422 e. The fraction of sp³-hybridized carbons (Fsp3) is 0.611. The minimum absolute atomic E-state index is 0.00580. The molecule has 1 saturated carbocycles. The lowest BCUT2D eigenvalue weighted by Gasteiger charge is -2.40. The van der Waals surface area contributed by atoms with Gasteiger partial charge in [0, 0.05) is 25.2 Å². The van der Waals surface area contributed by atoms with Crippen molar-refractivity contribution in [3.63, 3.8) is 0 Å². The molecule has 0 aromatic carbocycles. The maximum Gasteiger partial charge on any atom is 0.422 e. The molecular formula is C18H21F3N6O4. The molecule has 1 saturated heterocycles. The number of hydrogen-bond donors (Lipinski definition) is 2. The Labute approximate surface area is 175 Å². The van der Waals surface area contributed by atoms with Gasteiger partial charge < -0.3 is 20.7 Å². The molecule has 0 atom stereocenters. The third-order valence-electron chi connectivity index (χ3n) is 5.38. The number of likely N-dealkylation sites (tertiary alicyclic amines) is 1. The van der Waals surface area contributed by atoms with Crippen molar-refractivity contribution in [3.8, 4) is 6.07 Å². The maximum absolute atomic E-state index is 12.3. The van der Waals surface area contributed by atoms with Crippen molar-refractivity contribution in [1.82, 2.24) is 14.7 Å². The minimum Gasteiger partial charge on any atom is -0.440 e. The molecule has 0 radical (unpaired) electrons. The molecule has 2 fully saturated rings. The number of nitrogens with zero attached hydrogens (tertiary/aromatic N) is 4. The second kappa shape index (κ2) is 8.44. The van der Waals surface area contributed by atoms with Crippen LogP contribution in [0, 0.1) is 17.2 Å². The fourth-order valence-electron chi connectivity index (χ4n) is 3.43. The van der Waals surface area contributed by atoms with Crippen LogP contribution in [0.5, 0.6) is 0 Å². The summed E-state index contributed by atoms with van der Waals surface area (Å²) >= 11 is 0. The number of amides is 3. The Morgan fingerprint density at radius 2 is 1.97 bits per heavy atom. The molecule has 3 rings (SSSR count). The average Bonchev–Trinajstić information content (AvgIpc) is 3.46. The molecule has 3 N–H and O–H groups in total. The summed E-state index contributed by atoms with van der Waals surface area (Å²) in [5.74, 6) is -1.22. The number of carbonyl (C=O) groups is 3. The number of carbonyl (C=O) groups excluding carboxylic acids is 3. The average molecular weight is 442 g/mol. The van der Waals surface area contributed by atoms with E-state index in [4.69, 9.17) is 5.73 Å². The minimum atomic E-state index is -4.63. The number of hydrogen-bond acceptors (Lipinski definition) is 6. The molecule has 3 amide bonds. The van der Waals surface area contributed by atoms with Crippen molar-refractivity contribution in [2.45, 2.75) is 43.8 Å². The van der Waals surface area contributed by atoms with Gasteiger partial charge in [0.15, 0.2) is 12.4 Å². The number of nitrogens with two attached hydrogens (primary N) is 1. The highest BCUT2D eigenvalue weighted by Crippen LogP contribution is 2.35. The van der Waals surface area contributed by atoms with Crippen LogP contribution in [0.15, 0.2) is 6.20 Å². The third kappa shape index (κ3) is 5.25. The summed E-state index contributed by atoms with van der Waals surface area (Å²) < 4.78 is 42.5. The first-order chi connectivity index (χ1) is 14.5. The van der Waals surface area contributed by atoms with Crippen LogP contribution in [0.3, 0.4) is 0 Å². The van der Waals surface area contributed by atoms with Gasteiger partial charge >= 0.3 is 12.3 Å². The van der Waals surface area contributed by atoms with Gasteiger partial charge in [-0.25, -0.2) is 4.79 Å². The van der Waals surface area contributed by atoms with Crippen molar-refractivity contribution in [3.05, 3.63) is 11.8 Å². The number of nitriles is 1. The molecule has 2 heterocycles. The van der Waals surface area contributed by atoms with Gasteiger partial charge in [-0.15, -0.1) is 0 Å². The van der Waals surface area contributed by atoms with Gasteiger partial charge in [0.05, 0.1) is 18.0 Å². The van der Waals surface area contributed by atoms with E-state index in [1.807, 2.05) is 6.07 Å². The lowest BCUT2D eigenvalue weighted by atomic mass is 9.85. The van der Waals surface area contributed by atoms with Gasteiger partial charge in [-0.05, 0) is 25.7 Å². The number of anilines is 1. The summed E-state index contributed by atoms with van der Waals surface area (Å²) in [6, 6.07) is 2.05. The summed E-state index contributed by atoms with van der Waals surface area (Å²) in [6.07, 6.45) is -2.56. The van der Waals surface area contributed by atoms with Crippen LogP contribution < -0.4 is 11.1 Å². The number of nitrogens with one attached hydrogen (secondary N) is 1. The van der Waals surface area contributed by atoms with Gasteiger partial charge in [-0.3, -0.25) is 14.3 Å². The molecule has 13 heteroatoms. The highest BCUT2D eigenvalue weighted by molar-refractivity contribution is 6.02. The number of piperidine rings is 1. The van der Waals surface area contributed by atoms with Gasteiger partial charge in [0.1, 0.15) is 5.56 Å². The highest BCUT2D eigenvalue weighted by atomic mass is 19.4. The normalized spacial score (nSPS) is 18.2. The van der Waals surface area contributed by atoms with Crippen LogP contribution in [0.2, 0.25) is 0 Å². The predicted octanol–water partition coefficient (Wildman–Crippen LogP) is 1.73. The lowest BCUT2D eigenvalue weighted by Crippen LogP contribution is -2.48. The van der Waals surface area contributed by atoms with E-state index in [1.54, 1.807) is 0 Å². The molecule has 1 aliphatic carbocycles. The van der Waals surface area contributed by atoms with Crippen molar-refractivity contribution in [2.24, 2.45) is 11.7 Å². The Bertz CT molecular complexity index is 910. The summed E-state index contributed by atoms with van der Waals surface area (Å²) in [4.78, 5) is 36.9. The van der Waals surface area contributed by atoms with Crippen molar-refractivity contribution >= 4 is 23.7 Å². The molecule has 1 aromatic rings. The Morgan fingerprint density at radius 1 is 1.32 bits per heavy atom. The summed E-state index contributed by atoms with van der Waals surface area (Å²) in [5.41, 5.74) is 4.46. The van der Waals surface area contributed by atoms with Gasteiger partial charge in [-0.2, -0.15) is 23.5 Å². The van der Waals surface area contributed by atoms with E-state index in [1.165, 1.54) is 10.9 Å². The Kier molecular flexibility index (Phi) is 6.10. The molecular weight excluding hydrogens is 421 g/mol. The Morgan fingerprint density at radius 3 is 2.48 bits per heavy atom. The molecule has 2 aliphatic rings. The second-order valence-corrected chi connectivity index (χ2v) is 7.68. The van der Waals surface area contributed by atoms with E-state index < -0.39 is 30.3 Å². The Hall–Kier alpha value is -3.30. The molecule has 1 aliphatic heterocycles. The van der Waals surface area contributed by atoms with Crippen molar-refractivity contribution in [2.75, 3.05) is 25.0 Å². The van der Waals surface area contributed by atoms with Crippen molar-refractivity contribution in [1.29, 1.82) is 5.26 Å². The number of ether oxygens (including phenoxy) is 1. The highest BCUT2D eigenvalue weighted by Gasteiger charge is 2.41. The molecule has 31 heavy (non-hydrogen) atoms. The summed E-state index contributed by atoms with van der Waals surface area (Å²) in [6.45, 7) is -1.64. The zero-order chi connectivity index (χ0) is 22.8. The van der Waals surface area contributed by atoms with E-state index in [0.717, 1.165) is 17.7 Å². The molecule has 0 spiro atoms. The quantitative estimate of drug-likeness (QED) is 0.687. The zero-order valence-corrected chi connectivity index (χ0v) is 16.4. The Balaban J connectivity index is 1.76. The topological polar surface area (TPSA) is 143 Å². The van der Waals surface area contributed by atoms with Crippen molar-refractivity contribution < 1.29 is 32.3 Å². The van der Waals surface area contributed by atoms with E-state index >= 15 is 0 Å². The SMILES string of the molecule is N#CCC1(n2cc(C(N)=O)c(NC(=O)C3CC3)n2)CCN(C(=O)OCC(F)(F)F)CC1. The van der Waals surface area contributed by atoms with Gasteiger partial charge in [-0.1, -0.05) is 0 Å². The largest absolute Gasteiger partial charge is 0.440 e. The molecule has 10 nitrogen and oxygen atoms in total. The zero-order valence-electron chi connectivity index (χ0n) is 16.4. The molecule has 1 aromatic heterocycles. The van der Waals surface area contributed by atoms with Crippen LogP contribution in [0.4, 0.5) is 23.8 Å². The molecule has 0 unspecified atom stereocenters.